The molecule has 0 spiro atoms. The van der Waals surface area contributed by atoms with Gasteiger partial charge in [-0.1, -0.05) is 18.2 Å². The molecule has 0 amide bonds. The summed E-state index contributed by atoms with van der Waals surface area (Å²) in [6.45, 7) is 4.18. The van der Waals surface area contributed by atoms with Crippen LogP contribution in [0.15, 0.2) is 42.5 Å². The van der Waals surface area contributed by atoms with Gasteiger partial charge < -0.3 is 9.84 Å². The molecule has 3 rings (SSSR count). The lowest BCUT2D eigenvalue weighted by Crippen LogP contribution is -2.07. The van der Waals surface area contributed by atoms with E-state index in [9.17, 15) is 9.90 Å². The third-order valence-electron chi connectivity index (χ3n) is 3.58. The normalized spacial score (nSPS) is 10.8. The summed E-state index contributed by atoms with van der Waals surface area (Å²) in [6.07, 6.45) is 0. The number of carboxylic acid groups (broad SMARTS) is 1. The van der Waals surface area contributed by atoms with Crippen molar-refractivity contribution < 1.29 is 14.6 Å². The summed E-state index contributed by atoms with van der Waals surface area (Å²) in [5.74, 6) is -0.943. The van der Waals surface area contributed by atoms with Gasteiger partial charge >= 0.3 is 12.0 Å². The van der Waals surface area contributed by atoms with Gasteiger partial charge in [-0.3, -0.25) is 4.57 Å². The lowest BCUT2D eigenvalue weighted by Gasteiger charge is -2.13. The first-order valence-corrected chi connectivity index (χ1v) is 7.07. The second-order valence-electron chi connectivity index (χ2n) is 4.91. The van der Waals surface area contributed by atoms with Crippen LogP contribution in [0.5, 0.6) is 6.01 Å². The van der Waals surface area contributed by atoms with Crippen molar-refractivity contribution in [1.29, 1.82) is 0 Å². The topological polar surface area (TPSA) is 64.4 Å². The van der Waals surface area contributed by atoms with Crippen LogP contribution < -0.4 is 4.74 Å². The van der Waals surface area contributed by atoms with Crippen molar-refractivity contribution in [3.63, 3.8) is 0 Å². The van der Waals surface area contributed by atoms with Gasteiger partial charge in [0.05, 0.1) is 28.9 Å². The van der Waals surface area contributed by atoms with Crippen LogP contribution in [-0.2, 0) is 0 Å². The van der Waals surface area contributed by atoms with Crippen molar-refractivity contribution in [3.05, 3.63) is 53.6 Å². The Bertz CT molecular complexity index is 852. The number of hydrogen-bond acceptors (Lipinski definition) is 3. The third kappa shape index (κ3) is 2.20. The number of aromatic nitrogens is 2. The summed E-state index contributed by atoms with van der Waals surface area (Å²) in [5.41, 5.74) is 3.41. The summed E-state index contributed by atoms with van der Waals surface area (Å²) >= 11 is 0. The number of aromatic carboxylic acids is 1. The predicted octanol–water partition coefficient (Wildman–Crippen LogP) is 3.43. The van der Waals surface area contributed by atoms with Crippen LogP contribution in [0.4, 0.5) is 0 Å². The van der Waals surface area contributed by atoms with Crippen LogP contribution in [0.3, 0.4) is 0 Å². The number of nitrogens with zero attached hydrogens (tertiary/aromatic N) is 2. The van der Waals surface area contributed by atoms with E-state index in [1.165, 1.54) is 0 Å². The number of ether oxygens (including phenoxy) is 1. The highest BCUT2D eigenvalue weighted by Crippen LogP contribution is 2.29. The molecule has 0 bridgehead atoms. The Morgan fingerprint density at radius 3 is 2.73 bits per heavy atom. The van der Waals surface area contributed by atoms with Crippen molar-refractivity contribution in [2.45, 2.75) is 13.8 Å². The first kappa shape index (κ1) is 14.1. The minimum atomic E-state index is -0.943. The number of hydrogen-bond donors (Lipinski definition) is 1. The van der Waals surface area contributed by atoms with Crippen LogP contribution in [0.25, 0.3) is 16.7 Å². The zero-order valence-corrected chi connectivity index (χ0v) is 12.4. The van der Waals surface area contributed by atoms with E-state index in [1.54, 1.807) is 19.1 Å². The summed E-state index contributed by atoms with van der Waals surface area (Å²) in [5, 5.41) is 9.32. The highest BCUT2D eigenvalue weighted by atomic mass is 16.5. The number of rotatable bonds is 4. The largest absolute Gasteiger partial charge is 0.478 e. The maximum Gasteiger partial charge on any atom is 0.336 e. The molecule has 22 heavy (non-hydrogen) atoms. The average molecular weight is 296 g/mol. The van der Waals surface area contributed by atoms with E-state index in [4.69, 9.17) is 4.74 Å². The molecule has 0 aliphatic rings. The Balaban J connectivity index is 2.32. The molecule has 0 saturated heterocycles. The third-order valence-corrected chi connectivity index (χ3v) is 3.58. The first-order valence-electron chi connectivity index (χ1n) is 7.07. The molecule has 5 nitrogen and oxygen atoms in total. The number of fused-ring (bicyclic) bond motifs is 1. The molecule has 1 aromatic heterocycles. The highest BCUT2D eigenvalue weighted by Gasteiger charge is 2.17. The maximum atomic E-state index is 11.4. The molecule has 5 heteroatoms. The first-order chi connectivity index (χ1) is 10.6. The van der Waals surface area contributed by atoms with Gasteiger partial charge in [0.1, 0.15) is 0 Å². The van der Waals surface area contributed by atoms with Gasteiger partial charge in [0.2, 0.25) is 0 Å². The van der Waals surface area contributed by atoms with Crippen molar-refractivity contribution >= 4 is 17.0 Å². The summed E-state index contributed by atoms with van der Waals surface area (Å²) in [7, 11) is 0. The zero-order chi connectivity index (χ0) is 15.7. The van der Waals surface area contributed by atoms with E-state index in [2.05, 4.69) is 4.98 Å². The second kappa shape index (κ2) is 5.52. The van der Waals surface area contributed by atoms with Crippen LogP contribution in [-0.4, -0.2) is 27.2 Å². The minimum absolute atomic E-state index is 0.276. The fraction of sp³-hybridized carbons (Fsp3) is 0.176. The zero-order valence-electron chi connectivity index (χ0n) is 12.4. The van der Waals surface area contributed by atoms with Gasteiger partial charge in [0.25, 0.3) is 0 Å². The molecule has 112 valence electrons. The van der Waals surface area contributed by atoms with E-state index in [-0.39, 0.29) is 5.56 Å². The van der Waals surface area contributed by atoms with Crippen LogP contribution in [0, 0.1) is 6.92 Å². The summed E-state index contributed by atoms with van der Waals surface area (Å²) in [6, 6.07) is 13.4. The number of carbonyl (C=O) groups is 1. The fourth-order valence-corrected chi connectivity index (χ4v) is 2.56. The van der Waals surface area contributed by atoms with E-state index in [1.807, 2.05) is 41.8 Å². The number of benzene rings is 2. The Morgan fingerprint density at radius 1 is 1.23 bits per heavy atom. The van der Waals surface area contributed by atoms with Gasteiger partial charge in [0.15, 0.2) is 0 Å². The second-order valence-corrected chi connectivity index (χ2v) is 4.91. The molecule has 3 aromatic rings. The van der Waals surface area contributed by atoms with Gasteiger partial charge in [-0.25, -0.2) is 4.79 Å². The van der Waals surface area contributed by atoms with E-state index < -0.39 is 5.97 Å². The van der Waals surface area contributed by atoms with Crippen LogP contribution in [0.2, 0.25) is 0 Å². The Morgan fingerprint density at radius 2 is 2.00 bits per heavy atom. The summed E-state index contributed by atoms with van der Waals surface area (Å²) in [4.78, 5) is 15.8. The average Bonchev–Trinajstić information content (AvgIpc) is 2.85. The smallest absolute Gasteiger partial charge is 0.336 e. The molecule has 2 aromatic carbocycles. The van der Waals surface area contributed by atoms with Crippen LogP contribution >= 0.6 is 0 Å². The molecule has 1 N–H and O–H groups in total. The molecule has 0 aliphatic heterocycles. The minimum Gasteiger partial charge on any atom is -0.478 e. The lowest BCUT2D eigenvalue weighted by molar-refractivity contribution is 0.0696. The SMILES string of the molecule is CCOc1nc2ccccc2n1-c1cccc(C(=O)O)c1C. The fourth-order valence-electron chi connectivity index (χ4n) is 2.56. The van der Waals surface area contributed by atoms with Gasteiger partial charge in [0, 0.05) is 0 Å². The molecule has 0 saturated carbocycles. The Hall–Kier alpha value is -2.82. The number of carboxylic acids is 1. The quantitative estimate of drug-likeness (QED) is 0.801. The Kier molecular flexibility index (Phi) is 3.55. The lowest BCUT2D eigenvalue weighted by atomic mass is 10.1. The molecule has 0 unspecified atom stereocenters. The predicted molar refractivity (Wildman–Crippen MR) is 83.9 cm³/mol. The standard InChI is InChI=1S/C17H16N2O3/c1-3-22-17-18-13-8-4-5-9-15(13)19(17)14-10-6-7-12(11(14)2)16(20)21/h4-10H,3H2,1-2H3,(H,20,21). The molecule has 0 radical (unpaired) electrons. The van der Waals surface area contributed by atoms with Gasteiger partial charge in [-0.05, 0) is 43.7 Å². The number of imidazole rings is 1. The summed E-state index contributed by atoms with van der Waals surface area (Å²) < 4.78 is 7.50. The molecule has 0 atom stereocenters. The molecular weight excluding hydrogens is 280 g/mol. The van der Waals surface area contributed by atoms with Gasteiger partial charge in [-0.15, -0.1) is 0 Å². The maximum absolute atomic E-state index is 11.4. The molecule has 0 aliphatic carbocycles. The monoisotopic (exact) mass is 296 g/mol. The van der Waals surface area contributed by atoms with Gasteiger partial charge in [-0.2, -0.15) is 4.98 Å². The molecule has 0 fully saturated rings. The molecular formula is C17H16N2O3. The molecule has 1 heterocycles. The van der Waals surface area contributed by atoms with Crippen molar-refractivity contribution in [3.8, 4) is 11.7 Å². The van der Waals surface area contributed by atoms with Crippen molar-refractivity contribution in [1.82, 2.24) is 9.55 Å². The number of para-hydroxylation sites is 2. The van der Waals surface area contributed by atoms with E-state index >= 15 is 0 Å². The Labute approximate surface area is 127 Å². The van der Waals surface area contributed by atoms with Crippen molar-refractivity contribution in [2.24, 2.45) is 0 Å². The van der Waals surface area contributed by atoms with Crippen molar-refractivity contribution in [2.75, 3.05) is 6.61 Å². The van der Waals surface area contributed by atoms with Crippen LogP contribution in [0.1, 0.15) is 22.8 Å². The van der Waals surface area contributed by atoms with E-state index in [0.29, 0.717) is 18.2 Å². The van der Waals surface area contributed by atoms with E-state index in [0.717, 1.165) is 16.7 Å². The highest BCUT2D eigenvalue weighted by molar-refractivity contribution is 5.91.